The highest BCUT2D eigenvalue weighted by Gasteiger charge is 2.28. The van der Waals surface area contributed by atoms with Crippen molar-refractivity contribution in [3.05, 3.63) is 33.8 Å². The maximum Gasteiger partial charge on any atom is 0.242 e. The number of carbonyl (C=O) groups is 2. The van der Waals surface area contributed by atoms with Gasteiger partial charge in [-0.3, -0.25) is 9.59 Å². The lowest BCUT2D eigenvalue weighted by atomic mass is 10.1. The third-order valence-corrected chi connectivity index (χ3v) is 4.32. The number of nitrogens with one attached hydrogen (secondary N) is 1. The van der Waals surface area contributed by atoms with Crippen LogP contribution in [0.5, 0.6) is 0 Å². The van der Waals surface area contributed by atoms with Crippen LogP contribution < -0.4 is 5.32 Å². The van der Waals surface area contributed by atoms with Gasteiger partial charge in [0.15, 0.2) is 0 Å². The highest BCUT2D eigenvalue weighted by atomic mass is 35.5. The highest BCUT2D eigenvalue weighted by molar-refractivity contribution is 6.35. The molecule has 0 spiro atoms. The standard InChI is InChI=1S/C18H26Cl2N2O2/c1-5-16(18(24)21-10-12(3)4)22(17(23)6-2)11-13-7-8-14(19)9-15(13)20/h7-9,12,16H,5-6,10-11H2,1-4H3,(H,21,24). The number of benzene rings is 1. The van der Waals surface area contributed by atoms with Gasteiger partial charge in [-0.1, -0.05) is 57.0 Å². The van der Waals surface area contributed by atoms with E-state index < -0.39 is 6.04 Å². The zero-order valence-corrected chi connectivity index (χ0v) is 16.2. The van der Waals surface area contributed by atoms with E-state index in [0.717, 1.165) is 5.56 Å². The molecule has 0 aliphatic heterocycles. The van der Waals surface area contributed by atoms with Crippen molar-refractivity contribution < 1.29 is 9.59 Å². The van der Waals surface area contributed by atoms with E-state index in [0.29, 0.717) is 35.3 Å². The van der Waals surface area contributed by atoms with Crippen molar-refractivity contribution in [2.24, 2.45) is 5.92 Å². The molecule has 0 fully saturated rings. The van der Waals surface area contributed by atoms with Crippen LogP contribution in [0, 0.1) is 5.92 Å². The van der Waals surface area contributed by atoms with Gasteiger partial charge in [0.05, 0.1) is 0 Å². The Labute approximate surface area is 154 Å². The second-order valence-corrected chi connectivity index (χ2v) is 7.02. The minimum absolute atomic E-state index is 0.0763. The fourth-order valence-corrected chi connectivity index (χ4v) is 2.85. The van der Waals surface area contributed by atoms with Crippen molar-refractivity contribution in [3.8, 4) is 0 Å². The molecule has 0 saturated carbocycles. The zero-order chi connectivity index (χ0) is 18.3. The number of rotatable bonds is 8. The molecule has 4 nitrogen and oxygen atoms in total. The van der Waals surface area contributed by atoms with Gasteiger partial charge in [0, 0.05) is 29.6 Å². The van der Waals surface area contributed by atoms with Gasteiger partial charge in [-0.25, -0.2) is 0 Å². The van der Waals surface area contributed by atoms with Crippen LogP contribution in [0.25, 0.3) is 0 Å². The van der Waals surface area contributed by atoms with Crippen LogP contribution in [0.3, 0.4) is 0 Å². The van der Waals surface area contributed by atoms with Crippen LogP contribution in [0.4, 0.5) is 0 Å². The predicted molar refractivity (Wildman–Crippen MR) is 99.2 cm³/mol. The second-order valence-electron chi connectivity index (χ2n) is 6.17. The molecule has 0 aliphatic rings. The van der Waals surface area contributed by atoms with Crippen LogP contribution in [0.2, 0.25) is 10.0 Å². The van der Waals surface area contributed by atoms with Crippen LogP contribution in [0.15, 0.2) is 18.2 Å². The van der Waals surface area contributed by atoms with E-state index in [1.165, 1.54) is 0 Å². The maximum absolute atomic E-state index is 12.5. The molecule has 6 heteroatoms. The smallest absolute Gasteiger partial charge is 0.242 e. The number of carbonyl (C=O) groups excluding carboxylic acids is 2. The molecule has 1 aromatic rings. The lowest BCUT2D eigenvalue weighted by Gasteiger charge is -2.31. The summed E-state index contributed by atoms with van der Waals surface area (Å²) in [5.41, 5.74) is 0.776. The average Bonchev–Trinajstić information content (AvgIpc) is 2.53. The minimum atomic E-state index is -0.511. The average molecular weight is 373 g/mol. The van der Waals surface area contributed by atoms with E-state index in [2.05, 4.69) is 5.32 Å². The van der Waals surface area contributed by atoms with Gasteiger partial charge in [0.1, 0.15) is 6.04 Å². The molecule has 1 N–H and O–H groups in total. The summed E-state index contributed by atoms with van der Waals surface area (Å²) in [6.45, 7) is 8.63. The monoisotopic (exact) mass is 372 g/mol. The molecule has 0 saturated heterocycles. The first-order valence-electron chi connectivity index (χ1n) is 8.31. The second kappa shape index (κ2) is 9.90. The molecule has 134 valence electrons. The van der Waals surface area contributed by atoms with Crippen molar-refractivity contribution in [3.63, 3.8) is 0 Å². The van der Waals surface area contributed by atoms with Crippen molar-refractivity contribution in [2.75, 3.05) is 6.54 Å². The van der Waals surface area contributed by atoms with Crippen molar-refractivity contribution in [1.29, 1.82) is 0 Å². The first kappa shape index (κ1) is 20.8. The Morgan fingerprint density at radius 3 is 2.38 bits per heavy atom. The lowest BCUT2D eigenvalue weighted by molar-refractivity contribution is -0.141. The Hall–Kier alpha value is -1.26. The molecular weight excluding hydrogens is 347 g/mol. The third-order valence-electron chi connectivity index (χ3n) is 3.73. The van der Waals surface area contributed by atoms with Gasteiger partial charge in [-0.05, 0) is 30.0 Å². The molecule has 0 heterocycles. The number of hydrogen-bond donors (Lipinski definition) is 1. The highest BCUT2D eigenvalue weighted by Crippen LogP contribution is 2.24. The SMILES string of the molecule is CCC(=O)N(Cc1ccc(Cl)cc1Cl)C(CC)C(=O)NCC(C)C. The third kappa shape index (κ3) is 5.99. The summed E-state index contributed by atoms with van der Waals surface area (Å²) in [5, 5.41) is 3.95. The summed E-state index contributed by atoms with van der Waals surface area (Å²) in [5.74, 6) is 0.151. The first-order chi connectivity index (χ1) is 11.3. The molecule has 0 radical (unpaired) electrons. The number of amides is 2. The fraction of sp³-hybridized carbons (Fsp3) is 0.556. The van der Waals surface area contributed by atoms with Crippen LogP contribution in [-0.2, 0) is 16.1 Å². The van der Waals surface area contributed by atoms with Gasteiger partial charge < -0.3 is 10.2 Å². The van der Waals surface area contributed by atoms with Crippen molar-refractivity contribution in [1.82, 2.24) is 10.2 Å². The maximum atomic E-state index is 12.5. The van der Waals surface area contributed by atoms with Crippen LogP contribution >= 0.6 is 23.2 Å². The molecule has 1 atom stereocenters. The summed E-state index contributed by atoms with van der Waals surface area (Å²) >= 11 is 12.2. The van der Waals surface area contributed by atoms with E-state index in [9.17, 15) is 9.59 Å². The molecule has 1 rings (SSSR count). The van der Waals surface area contributed by atoms with Gasteiger partial charge in [-0.15, -0.1) is 0 Å². The Bertz CT molecular complexity index is 576. The predicted octanol–water partition coefficient (Wildman–Crippen LogP) is 4.28. The zero-order valence-electron chi connectivity index (χ0n) is 14.7. The van der Waals surface area contributed by atoms with E-state index in [1.807, 2.05) is 20.8 Å². The summed E-state index contributed by atoms with van der Waals surface area (Å²) < 4.78 is 0. The van der Waals surface area contributed by atoms with E-state index in [1.54, 1.807) is 30.0 Å². The quantitative estimate of drug-likeness (QED) is 0.739. The molecule has 1 aromatic carbocycles. The molecule has 24 heavy (non-hydrogen) atoms. The Balaban J connectivity index is 3.01. The van der Waals surface area contributed by atoms with E-state index >= 15 is 0 Å². The van der Waals surface area contributed by atoms with Crippen LogP contribution in [0.1, 0.15) is 46.1 Å². The van der Waals surface area contributed by atoms with Gasteiger partial charge in [0.25, 0.3) is 0 Å². The molecular formula is C18H26Cl2N2O2. The Morgan fingerprint density at radius 2 is 1.88 bits per heavy atom. The van der Waals surface area contributed by atoms with Gasteiger partial charge in [0.2, 0.25) is 11.8 Å². The molecule has 0 aromatic heterocycles. The molecule has 2 amide bonds. The first-order valence-corrected chi connectivity index (χ1v) is 9.06. The summed E-state index contributed by atoms with van der Waals surface area (Å²) in [7, 11) is 0. The number of nitrogens with zero attached hydrogens (tertiary/aromatic N) is 1. The summed E-state index contributed by atoms with van der Waals surface area (Å²) in [6.07, 6.45) is 0.875. The largest absolute Gasteiger partial charge is 0.354 e. The molecule has 0 bridgehead atoms. The van der Waals surface area contributed by atoms with Gasteiger partial charge in [-0.2, -0.15) is 0 Å². The normalized spacial score (nSPS) is 12.1. The van der Waals surface area contributed by atoms with Crippen molar-refractivity contribution in [2.45, 2.75) is 53.1 Å². The molecule has 0 aliphatic carbocycles. The topological polar surface area (TPSA) is 49.4 Å². The Morgan fingerprint density at radius 1 is 1.21 bits per heavy atom. The minimum Gasteiger partial charge on any atom is -0.354 e. The fourth-order valence-electron chi connectivity index (χ4n) is 2.38. The van der Waals surface area contributed by atoms with Crippen LogP contribution in [-0.4, -0.2) is 29.3 Å². The van der Waals surface area contributed by atoms with E-state index in [4.69, 9.17) is 23.2 Å². The Kier molecular flexibility index (Phi) is 8.57. The summed E-state index contributed by atoms with van der Waals surface area (Å²) in [4.78, 5) is 26.5. The van der Waals surface area contributed by atoms with Crippen molar-refractivity contribution >= 4 is 35.0 Å². The lowest BCUT2D eigenvalue weighted by Crippen LogP contribution is -2.49. The number of halogens is 2. The number of hydrogen-bond acceptors (Lipinski definition) is 2. The summed E-state index contributed by atoms with van der Waals surface area (Å²) in [6, 6.07) is 4.66. The van der Waals surface area contributed by atoms with E-state index in [-0.39, 0.29) is 18.4 Å². The molecule has 1 unspecified atom stereocenters. The van der Waals surface area contributed by atoms with Gasteiger partial charge >= 0.3 is 0 Å².